The molecule has 0 aliphatic carbocycles. The van der Waals surface area contributed by atoms with Crippen molar-refractivity contribution in [3.05, 3.63) is 30.5 Å². The third-order valence-electron chi connectivity index (χ3n) is 4.24. The highest BCUT2D eigenvalue weighted by Crippen LogP contribution is 2.23. The van der Waals surface area contributed by atoms with Gasteiger partial charge in [0.15, 0.2) is 0 Å². The van der Waals surface area contributed by atoms with Gasteiger partial charge in [0.2, 0.25) is 6.41 Å². The number of rotatable bonds is 12. The van der Waals surface area contributed by atoms with E-state index in [-0.39, 0.29) is 0 Å². The average molecular weight is 422 g/mol. The molecule has 29 heavy (non-hydrogen) atoms. The SMILES string of the molecule is CC(C)CN(C=O)CC(C)C.CC(CCCCN)NSc1ccc2occc2c1. The highest BCUT2D eigenvalue weighted by molar-refractivity contribution is 7.97. The summed E-state index contributed by atoms with van der Waals surface area (Å²) in [5, 5.41) is 1.15. The number of furan rings is 1. The Morgan fingerprint density at radius 1 is 1.10 bits per heavy atom. The number of hydrogen-bond donors (Lipinski definition) is 2. The zero-order valence-electron chi connectivity index (χ0n) is 18.7. The van der Waals surface area contributed by atoms with E-state index in [9.17, 15) is 4.79 Å². The van der Waals surface area contributed by atoms with Gasteiger partial charge in [-0.1, -0.05) is 34.1 Å². The maximum Gasteiger partial charge on any atom is 0.209 e. The molecule has 0 bridgehead atoms. The lowest BCUT2D eigenvalue weighted by atomic mass is 10.1. The van der Waals surface area contributed by atoms with Crippen LogP contribution in [0.4, 0.5) is 0 Å². The molecule has 0 spiro atoms. The molecule has 0 fully saturated rings. The van der Waals surface area contributed by atoms with Crippen LogP contribution in [-0.2, 0) is 4.79 Å². The van der Waals surface area contributed by atoms with Crippen molar-refractivity contribution < 1.29 is 9.21 Å². The molecule has 2 rings (SSSR count). The molecule has 6 heteroatoms. The number of fused-ring (bicyclic) bond motifs is 1. The lowest BCUT2D eigenvalue weighted by molar-refractivity contribution is -0.119. The number of carbonyl (C=O) groups excluding carboxylic acids is 1. The summed E-state index contributed by atoms with van der Waals surface area (Å²) in [4.78, 5) is 13.6. The number of benzene rings is 1. The summed E-state index contributed by atoms with van der Waals surface area (Å²) in [6.45, 7) is 13.2. The van der Waals surface area contributed by atoms with Crippen LogP contribution in [0.2, 0.25) is 0 Å². The summed E-state index contributed by atoms with van der Waals surface area (Å²) >= 11 is 1.68. The summed E-state index contributed by atoms with van der Waals surface area (Å²) in [5.74, 6) is 1.14. The Kier molecular flexibility index (Phi) is 12.7. The number of carbonyl (C=O) groups is 1. The fourth-order valence-corrected chi connectivity index (χ4v) is 3.71. The summed E-state index contributed by atoms with van der Waals surface area (Å²) in [6, 6.07) is 8.73. The van der Waals surface area contributed by atoms with Gasteiger partial charge in [-0.15, -0.1) is 0 Å². The van der Waals surface area contributed by atoms with Gasteiger partial charge in [0.05, 0.1) is 6.26 Å². The lowest BCUT2D eigenvalue weighted by Gasteiger charge is -2.21. The Balaban J connectivity index is 0.000000331. The minimum Gasteiger partial charge on any atom is -0.464 e. The molecule has 1 aromatic carbocycles. The molecular formula is C23H39N3O2S. The second-order valence-corrected chi connectivity index (χ2v) is 9.28. The number of nitrogens with two attached hydrogens (primary N) is 1. The average Bonchev–Trinajstić information content (AvgIpc) is 3.13. The van der Waals surface area contributed by atoms with Crippen molar-refractivity contribution in [1.82, 2.24) is 9.62 Å². The molecule has 0 aliphatic rings. The van der Waals surface area contributed by atoms with Gasteiger partial charge in [0.1, 0.15) is 5.58 Å². The second-order valence-electron chi connectivity index (χ2n) is 8.37. The maximum atomic E-state index is 10.5. The van der Waals surface area contributed by atoms with Crippen LogP contribution < -0.4 is 10.5 Å². The van der Waals surface area contributed by atoms with E-state index >= 15 is 0 Å². The van der Waals surface area contributed by atoms with Gasteiger partial charge in [-0.3, -0.25) is 9.52 Å². The maximum absolute atomic E-state index is 10.5. The highest BCUT2D eigenvalue weighted by atomic mass is 32.2. The van der Waals surface area contributed by atoms with Crippen LogP contribution in [0.5, 0.6) is 0 Å². The van der Waals surface area contributed by atoms with E-state index in [2.05, 4.69) is 51.5 Å². The Hall–Kier alpha value is -1.50. The first-order valence-electron chi connectivity index (χ1n) is 10.6. The van der Waals surface area contributed by atoms with E-state index in [1.54, 1.807) is 18.2 Å². The first-order chi connectivity index (χ1) is 13.8. The minimum atomic E-state index is 0.501. The van der Waals surface area contributed by atoms with E-state index in [0.717, 1.165) is 49.9 Å². The summed E-state index contributed by atoms with van der Waals surface area (Å²) in [5.41, 5.74) is 6.43. The molecule has 5 nitrogen and oxygen atoms in total. The molecule has 0 aliphatic heterocycles. The number of nitrogens with one attached hydrogen (secondary N) is 1. The van der Waals surface area contributed by atoms with E-state index in [1.807, 2.05) is 17.0 Å². The molecular weight excluding hydrogens is 382 g/mol. The van der Waals surface area contributed by atoms with Gasteiger partial charge in [-0.2, -0.15) is 0 Å². The van der Waals surface area contributed by atoms with Gasteiger partial charge < -0.3 is 15.1 Å². The van der Waals surface area contributed by atoms with Crippen LogP contribution in [-0.4, -0.2) is 37.0 Å². The van der Waals surface area contributed by atoms with Crippen LogP contribution in [0.15, 0.2) is 39.8 Å². The van der Waals surface area contributed by atoms with E-state index < -0.39 is 0 Å². The Bertz CT molecular complexity index is 678. The van der Waals surface area contributed by atoms with Crippen molar-refractivity contribution in [2.75, 3.05) is 19.6 Å². The van der Waals surface area contributed by atoms with Crippen molar-refractivity contribution in [1.29, 1.82) is 0 Å². The molecule has 0 saturated heterocycles. The third-order valence-corrected chi connectivity index (χ3v) is 5.25. The molecule has 1 atom stereocenters. The van der Waals surface area contributed by atoms with Gasteiger partial charge >= 0.3 is 0 Å². The minimum absolute atomic E-state index is 0.501. The molecule has 164 valence electrons. The summed E-state index contributed by atoms with van der Waals surface area (Å²) in [6.07, 6.45) is 6.13. The van der Waals surface area contributed by atoms with Crippen LogP contribution >= 0.6 is 11.9 Å². The number of unbranched alkanes of at least 4 members (excludes halogenated alkanes) is 1. The van der Waals surface area contributed by atoms with Crippen LogP contribution in [0.1, 0.15) is 53.9 Å². The van der Waals surface area contributed by atoms with E-state index in [1.165, 1.54) is 11.3 Å². The number of hydrogen-bond acceptors (Lipinski definition) is 5. The summed E-state index contributed by atoms with van der Waals surface area (Å²) in [7, 11) is 0. The van der Waals surface area contributed by atoms with Crippen molar-refractivity contribution in [3.63, 3.8) is 0 Å². The molecule has 1 heterocycles. The largest absolute Gasteiger partial charge is 0.464 e. The van der Waals surface area contributed by atoms with Crippen molar-refractivity contribution >= 4 is 29.3 Å². The van der Waals surface area contributed by atoms with Crippen LogP contribution in [0, 0.1) is 11.8 Å². The Morgan fingerprint density at radius 3 is 2.38 bits per heavy atom. The molecule has 2 aromatic rings. The molecule has 3 N–H and O–H groups in total. The number of amides is 1. The molecule has 0 radical (unpaired) electrons. The summed E-state index contributed by atoms with van der Waals surface area (Å²) < 4.78 is 8.78. The lowest BCUT2D eigenvalue weighted by Crippen LogP contribution is -2.29. The fraction of sp³-hybridized carbons (Fsp3) is 0.609. The predicted molar refractivity (Wildman–Crippen MR) is 125 cm³/mol. The van der Waals surface area contributed by atoms with Crippen LogP contribution in [0.25, 0.3) is 11.0 Å². The second kappa shape index (κ2) is 14.5. The van der Waals surface area contributed by atoms with Gasteiger partial charge in [0.25, 0.3) is 0 Å². The third kappa shape index (κ3) is 11.3. The fourth-order valence-electron chi connectivity index (χ4n) is 2.93. The molecule has 1 aromatic heterocycles. The zero-order chi connectivity index (χ0) is 21.6. The quantitative estimate of drug-likeness (QED) is 0.276. The first kappa shape index (κ1) is 25.5. The van der Waals surface area contributed by atoms with Gasteiger partial charge in [-0.05, 0) is 74.4 Å². The monoisotopic (exact) mass is 421 g/mol. The smallest absolute Gasteiger partial charge is 0.209 e. The first-order valence-corrected chi connectivity index (χ1v) is 11.5. The predicted octanol–water partition coefficient (Wildman–Crippen LogP) is 5.30. The molecule has 1 amide bonds. The topological polar surface area (TPSA) is 71.5 Å². The highest BCUT2D eigenvalue weighted by Gasteiger charge is 2.06. The Labute approximate surface area is 180 Å². The van der Waals surface area contributed by atoms with Gasteiger partial charge in [0, 0.05) is 29.4 Å². The molecule has 0 saturated carbocycles. The van der Waals surface area contributed by atoms with E-state index in [4.69, 9.17) is 10.2 Å². The van der Waals surface area contributed by atoms with Crippen LogP contribution in [0.3, 0.4) is 0 Å². The number of nitrogens with zero attached hydrogens (tertiary/aromatic N) is 1. The van der Waals surface area contributed by atoms with Crippen molar-refractivity contribution in [2.45, 2.75) is 64.8 Å². The van der Waals surface area contributed by atoms with E-state index in [0.29, 0.717) is 17.9 Å². The normalized spacial score (nSPS) is 12.1. The van der Waals surface area contributed by atoms with Crippen molar-refractivity contribution in [2.24, 2.45) is 17.6 Å². The molecule has 1 unspecified atom stereocenters. The zero-order valence-corrected chi connectivity index (χ0v) is 19.5. The van der Waals surface area contributed by atoms with Crippen molar-refractivity contribution in [3.8, 4) is 0 Å². The van der Waals surface area contributed by atoms with Gasteiger partial charge in [-0.25, -0.2) is 0 Å². The Morgan fingerprint density at radius 2 is 1.79 bits per heavy atom. The standard InChI is InChI=1S/C14H20N2OS.C9H19NO/c1-11(4-2-3-8-15)16-18-13-5-6-14-12(10-13)7-9-17-14;1-8(2)5-10(7-11)6-9(3)4/h5-7,9-11,16H,2-4,8,15H2,1H3;7-9H,5-6H2,1-4H3.